The summed E-state index contributed by atoms with van der Waals surface area (Å²) in [5.74, 6) is -0.0411. The third-order valence-corrected chi connectivity index (χ3v) is 5.43. The molecule has 0 radical (unpaired) electrons. The van der Waals surface area contributed by atoms with Gasteiger partial charge in [-0.25, -0.2) is 0 Å². The largest absolute Gasteiger partial charge is 0.507 e. The Labute approximate surface area is 158 Å². The number of hydrogen-bond acceptors (Lipinski definition) is 5. The predicted octanol–water partition coefficient (Wildman–Crippen LogP) is 3.86. The maximum atomic E-state index is 12.1. The van der Waals surface area contributed by atoms with E-state index in [1.165, 1.54) is 18.0 Å². The van der Waals surface area contributed by atoms with Crippen LogP contribution in [0.15, 0.2) is 52.7 Å². The van der Waals surface area contributed by atoms with Crippen LogP contribution in [0, 0.1) is 0 Å². The van der Waals surface area contributed by atoms with Gasteiger partial charge in [-0.2, -0.15) is 5.10 Å². The van der Waals surface area contributed by atoms with Crippen molar-refractivity contribution in [3.05, 3.63) is 63.6 Å². The number of nitrogens with zero attached hydrogens (tertiary/aromatic N) is 2. The first-order valence-electron chi connectivity index (χ1n) is 7.34. The molecule has 3 rings (SSSR count). The van der Waals surface area contributed by atoms with Gasteiger partial charge in [0.1, 0.15) is 5.75 Å². The van der Waals surface area contributed by atoms with Crippen molar-refractivity contribution in [3.8, 4) is 5.75 Å². The van der Waals surface area contributed by atoms with Gasteiger partial charge in [0.05, 0.1) is 21.5 Å². The Morgan fingerprint density at radius 1 is 1.20 bits per heavy atom. The number of para-hydroxylation sites is 1. The van der Waals surface area contributed by atoms with E-state index in [1.807, 2.05) is 6.07 Å². The molecule has 1 amide bonds. The first-order chi connectivity index (χ1) is 12.0. The average molecular weight is 394 g/mol. The number of phenolic OH excluding ortho intramolecular Hbond substituents is 1. The molecule has 1 atom stereocenters. The van der Waals surface area contributed by atoms with E-state index in [0.29, 0.717) is 27.2 Å². The molecule has 0 aromatic heterocycles. The Hall–Kier alpha value is -2.02. The van der Waals surface area contributed by atoms with Crippen LogP contribution in [0.1, 0.15) is 11.1 Å². The van der Waals surface area contributed by atoms with Crippen molar-refractivity contribution in [2.45, 2.75) is 11.7 Å². The van der Waals surface area contributed by atoms with Crippen LogP contribution in [0.3, 0.4) is 0 Å². The fourth-order valence-corrected chi connectivity index (χ4v) is 3.58. The van der Waals surface area contributed by atoms with E-state index in [0.717, 1.165) is 5.56 Å². The standard InChI is InChI=1S/C17H13Cl2N3O2S/c18-12-6-3-5-10(15(12)19)8-14-16(24)21-17(25-14)22-20-9-11-4-1-2-7-13(11)23/h1-7,9,14,23H,8H2,(H,21,22,24)/b20-9+. The summed E-state index contributed by atoms with van der Waals surface area (Å²) in [4.78, 5) is 12.1. The molecule has 0 saturated carbocycles. The van der Waals surface area contributed by atoms with Crippen molar-refractivity contribution in [1.82, 2.24) is 5.32 Å². The number of thioether (sulfide) groups is 1. The zero-order valence-electron chi connectivity index (χ0n) is 12.8. The lowest BCUT2D eigenvalue weighted by Crippen LogP contribution is -2.26. The number of nitrogens with one attached hydrogen (secondary N) is 1. The van der Waals surface area contributed by atoms with Crippen molar-refractivity contribution in [2.75, 3.05) is 0 Å². The van der Waals surface area contributed by atoms with Crippen LogP contribution >= 0.6 is 35.0 Å². The van der Waals surface area contributed by atoms with Gasteiger partial charge in [-0.05, 0) is 30.2 Å². The van der Waals surface area contributed by atoms with Crippen LogP contribution in [-0.4, -0.2) is 27.6 Å². The monoisotopic (exact) mass is 393 g/mol. The number of benzene rings is 2. The molecule has 5 nitrogen and oxygen atoms in total. The summed E-state index contributed by atoms with van der Waals surface area (Å²) in [6.45, 7) is 0. The normalized spacial score (nSPS) is 18.9. The van der Waals surface area contributed by atoms with Gasteiger partial charge in [0.15, 0.2) is 5.17 Å². The molecule has 1 fully saturated rings. The second kappa shape index (κ2) is 7.91. The summed E-state index contributed by atoms with van der Waals surface area (Å²) < 4.78 is 0. The fraction of sp³-hybridized carbons (Fsp3) is 0.118. The molecule has 25 heavy (non-hydrogen) atoms. The van der Waals surface area contributed by atoms with E-state index < -0.39 is 0 Å². The van der Waals surface area contributed by atoms with Gasteiger partial charge in [-0.15, -0.1) is 5.10 Å². The van der Waals surface area contributed by atoms with E-state index >= 15 is 0 Å². The van der Waals surface area contributed by atoms with Crippen LogP contribution in [0.25, 0.3) is 0 Å². The maximum Gasteiger partial charge on any atom is 0.239 e. The Balaban J connectivity index is 1.68. The molecule has 128 valence electrons. The van der Waals surface area contributed by atoms with Crippen molar-refractivity contribution >= 4 is 52.3 Å². The van der Waals surface area contributed by atoms with E-state index in [-0.39, 0.29) is 16.9 Å². The van der Waals surface area contributed by atoms with Crippen molar-refractivity contribution < 1.29 is 9.90 Å². The lowest BCUT2D eigenvalue weighted by molar-refractivity contribution is -0.118. The molecule has 1 unspecified atom stereocenters. The second-order valence-corrected chi connectivity index (χ2v) is 7.20. The highest BCUT2D eigenvalue weighted by atomic mass is 35.5. The summed E-state index contributed by atoms with van der Waals surface area (Å²) in [6, 6.07) is 12.1. The van der Waals surface area contributed by atoms with Gasteiger partial charge in [-0.3, -0.25) is 4.79 Å². The summed E-state index contributed by atoms with van der Waals surface area (Å²) in [5, 5.41) is 21.2. The summed E-state index contributed by atoms with van der Waals surface area (Å²) in [7, 11) is 0. The maximum absolute atomic E-state index is 12.1. The van der Waals surface area contributed by atoms with Gasteiger partial charge in [0.2, 0.25) is 5.91 Å². The highest BCUT2D eigenvalue weighted by Gasteiger charge is 2.31. The van der Waals surface area contributed by atoms with Crippen LogP contribution in [0.2, 0.25) is 10.0 Å². The molecule has 0 aliphatic carbocycles. The molecular weight excluding hydrogens is 381 g/mol. The average Bonchev–Trinajstić information content (AvgIpc) is 2.93. The molecule has 8 heteroatoms. The van der Waals surface area contributed by atoms with Gasteiger partial charge < -0.3 is 10.4 Å². The minimum absolute atomic E-state index is 0.114. The van der Waals surface area contributed by atoms with Gasteiger partial charge >= 0.3 is 0 Å². The minimum Gasteiger partial charge on any atom is -0.507 e. The number of amides is 1. The predicted molar refractivity (Wildman–Crippen MR) is 103 cm³/mol. The van der Waals surface area contributed by atoms with Crippen molar-refractivity contribution in [3.63, 3.8) is 0 Å². The summed E-state index contributed by atoms with van der Waals surface area (Å²) in [5.41, 5.74) is 1.35. The Bertz CT molecular complexity index is 871. The number of aromatic hydroxyl groups is 1. The first kappa shape index (κ1) is 17.8. The number of rotatable bonds is 4. The molecule has 1 aliphatic heterocycles. The van der Waals surface area contributed by atoms with E-state index in [1.54, 1.807) is 36.4 Å². The second-order valence-electron chi connectivity index (χ2n) is 5.22. The molecule has 0 spiro atoms. The van der Waals surface area contributed by atoms with Crippen LogP contribution in [-0.2, 0) is 11.2 Å². The number of amidine groups is 1. The van der Waals surface area contributed by atoms with Gasteiger partial charge in [0, 0.05) is 5.56 Å². The van der Waals surface area contributed by atoms with E-state index in [4.69, 9.17) is 23.2 Å². The number of carbonyl (C=O) groups is 1. The quantitative estimate of drug-likeness (QED) is 0.611. The van der Waals surface area contributed by atoms with Crippen LogP contribution in [0.4, 0.5) is 0 Å². The molecule has 2 aromatic rings. The smallest absolute Gasteiger partial charge is 0.239 e. The molecule has 1 heterocycles. The molecule has 2 N–H and O–H groups in total. The SMILES string of the molecule is O=C1N/C(=N\N=C\c2ccccc2O)SC1Cc1cccc(Cl)c1Cl. The molecule has 1 saturated heterocycles. The zero-order valence-corrected chi connectivity index (χ0v) is 15.1. The highest BCUT2D eigenvalue weighted by molar-refractivity contribution is 8.15. The number of carbonyl (C=O) groups excluding carboxylic acids is 1. The van der Waals surface area contributed by atoms with Crippen LogP contribution in [0.5, 0.6) is 5.75 Å². The zero-order chi connectivity index (χ0) is 17.8. The number of phenols is 1. The molecule has 0 bridgehead atoms. The number of hydrogen-bond donors (Lipinski definition) is 2. The highest BCUT2D eigenvalue weighted by Crippen LogP contribution is 2.30. The molecule has 2 aromatic carbocycles. The lowest BCUT2D eigenvalue weighted by Gasteiger charge is -2.08. The van der Waals surface area contributed by atoms with E-state index in [2.05, 4.69) is 15.5 Å². The van der Waals surface area contributed by atoms with Crippen LogP contribution < -0.4 is 5.32 Å². The van der Waals surface area contributed by atoms with Gasteiger partial charge in [-0.1, -0.05) is 59.2 Å². The van der Waals surface area contributed by atoms with Crippen molar-refractivity contribution in [2.24, 2.45) is 10.2 Å². The van der Waals surface area contributed by atoms with E-state index in [9.17, 15) is 9.90 Å². The third-order valence-electron chi connectivity index (χ3n) is 3.50. The summed E-state index contributed by atoms with van der Waals surface area (Å²) in [6.07, 6.45) is 1.87. The third kappa shape index (κ3) is 4.34. The van der Waals surface area contributed by atoms with Crippen molar-refractivity contribution in [1.29, 1.82) is 0 Å². The first-order valence-corrected chi connectivity index (χ1v) is 8.97. The number of halogens is 2. The lowest BCUT2D eigenvalue weighted by atomic mass is 10.1. The topological polar surface area (TPSA) is 74.0 Å². The summed E-state index contributed by atoms with van der Waals surface area (Å²) >= 11 is 13.5. The Morgan fingerprint density at radius 3 is 2.80 bits per heavy atom. The Morgan fingerprint density at radius 2 is 2.00 bits per heavy atom. The molecule has 1 aliphatic rings. The minimum atomic E-state index is -0.352. The fourth-order valence-electron chi connectivity index (χ4n) is 2.23. The Kier molecular flexibility index (Phi) is 5.63. The molecular formula is C17H13Cl2N3O2S. The van der Waals surface area contributed by atoms with Gasteiger partial charge in [0.25, 0.3) is 0 Å².